The highest BCUT2D eigenvalue weighted by atomic mass is 32.1. The molecule has 0 atom stereocenters. The Balaban J connectivity index is 1.26. The Labute approximate surface area is 287 Å². The van der Waals surface area contributed by atoms with Crippen molar-refractivity contribution in [1.29, 1.82) is 0 Å². The molecule has 0 bridgehead atoms. The van der Waals surface area contributed by atoms with Crippen molar-refractivity contribution in [3.63, 3.8) is 0 Å². The van der Waals surface area contributed by atoms with Crippen LogP contribution in [0.15, 0.2) is 148 Å². The second-order valence-corrected chi connectivity index (χ2v) is 13.9. The molecule has 232 valence electrons. The molecule has 12 rings (SSSR count). The van der Waals surface area contributed by atoms with Gasteiger partial charge in [0.2, 0.25) is 5.95 Å². The number of para-hydroxylation sites is 4. The first-order valence-corrected chi connectivity index (χ1v) is 17.5. The standard InChI is InChI=1S/C44H23N3O2S/c1-6-16-31-27(12-1)40(24-21-22-26-25-11-3-8-18-33(25)48-35(26)23-24)46-44(45-31)47-32-17-7-2-13-28(32)38-41(47)37-29-14-4-9-19-34(29)49-42(37)39-30-15-5-10-20-36(30)50-43(38)39/h1-23H. The largest absolute Gasteiger partial charge is 0.456 e. The number of hydrogen-bond acceptors (Lipinski definition) is 5. The predicted octanol–water partition coefficient (Wildman–Crippen LogP) is 12.6. The highest BCUT2D eigenvalue weighted by Gasteiger charge is 2.26. The minimum Gasteiger partial charge on any atom is -0.456 e. The first kappa shape index (κ1) is 26.5. The van der Waals surface area contributed by atoms with Gasteiger partial charge in [-0.25, -0.2) is 9.97 Å². The maximum atomic E-state index is 6.80. The summed E-state index contributed by atoms with van der Waals surface area (Å²) in [6.45, 7) is 0. The van der Waals surface area contributed by atoms with Gasteiger partial charge in [-0.2, -0.15) is 0 Å². The van der Waals surface area contributed by atoms with E-state index in [2.05, 4.69) is 108 Å². The molecule has 0 fully saturated rings. The number of furan rings is 2. The molecule has 0 spiro atoms. The fraction of sp³-hybridized carbons (Fsp3) is 0. The van der Waals surface area contributed by atoms with E-state index in [1.165, 1.54) is 20.2 Å². The first-order valence-electron chi connectivity index (χ1n) is 16.7. The lowest BCUT2D eigenvalue weighted by Gasteiger charge is -2.12. The summed E-state index contributed by atoms with van der Waals surface area (Å²) in [5.74, 6) is 0.613. The Morgan fingerprint density at radius 3 is 2.06 bits per heavy atom. The SMILES string of the molecule is c1ccc2c(-c3ccc4c(c3)oc3ccccc34)nc(-n3c4ccccc4c4c5sc6ccccc6c5c5oc6ccccc6c5c43)nc2c1. The van der Waals surface area contributed by atoms with Gasteiger partial charge in [-0.3, -0.25) is 4.57 Å². The smallest absolute Gasteiger partial charge is 0.235 e. The number of fused-ring (bicyclic) bond motifs is 16. The molecule has 5 heterocycles. The molecule has 0 aliphatic rings. The summed E-state index contributed by atoms with van der Waals surface area (Å²) in [4.78, 5) is 10.7. The molecule has 0 radical (unpaired) electrons. The van der Waals surface area contributed by atoms with Gasteiger partial charge < -0.3 is 8.83 Å². The average Bonchev–Trinajstić information content (AvgIpc) is 3.92. The Kier molecular flexibility index (Phi) is 5.06. The summed E-state index contributed by atoms with van der Waals surface area (Å²) in [6, 6.07) is 48.5. The van der Waals surface area contributed by atoms with E-state index in [9.17, 15) is 0 Å². The second-order valence-electron chi connectivity index (χ2n) is 12.9. The van der Waals surface area contributed by atoms with E-state index in [1.807, 2.05) is 47.7 Å². The van der Waals surface area contributed by atoms with Crippen LogP contribution in [0, 0.1) is 0 Å². The molecule has 7 aromatic carbocycles. The first-order chi connectivity index (χ1) is 24.8. The number of benzene rings is 7. The van der Waals surface area contributed by atoms with Crippen LogP contribution in [0.25, 0.3) is 114 Å². The molecule has 12 aromatic rings. The molecule has 0 unspecified atom stereocenters. The van der Waals surface area contributed by atoms with Crippen molar-refractivity contribution in [2.45, 2.75) is 0 Å². The normalized spacial score (nSPS) is 12.4. The third-order valence-electron chi connectivity index (χ3n) is 10.2. The van der Waals surface area contributed by atoms with Crippen LogP contribution in [0.5, 0.6) is 0 Å². The van der Waals surface area contributed by atoms with Crippen LogP contribution in [0.1, 0.15) is 0 Å². The van der Waals surface area contributed by atoms with Crippen LogP contribution in [0.3, 0.4) is 0 Å². The Morgan fingerprint density at radius 1 is 0.500 bits per heavy atom. The Morgan fingerprint density at radius 2 is 1.18 bits per heavy atom. The van der Waals surface area contributed by atoms with E-state index in [1.54, 1.807) is 0 Å². The fourth-order valence-corrected chi connectivity index (χ4v) is 9.34. The summed E-state index contributed by atoms with van der Waals surface area (Å²) in [5, 5.41) is 10.1. The van der Waals surface area contributed by atoms with Crippen LogP contribution in [0.4, 0.5) is 0 Å². The van der Waals surface area contributed by atoms with Crippen molar-refractivity contribution in [2.75, 3.05) is 0 Å². The van der Waals surface area contributed by atoms with Crippen LogP contribution < -0.4 is 0 Å². The summed E-state index contributed by atoms with van der Waals surface area (Å²) in [5.41, 5.74) is 8.28. The monoisotopic (exact) mass is 657 g/mol. The fourth-order valence-electron chi connectivity index (χ4n) is 8.08. The zero-order valence-corrected chi connectivity index (χ0v) is 27.2. The molecule has 5 aromatic heterocycles. The van der Waals surface area contributed by atoms with Crippen molar-refractivity contribution >= 4 is 108 Å². The molecule has 6 heteroatoms. The number of rotatable bonds is 2. The molecule has 50 heavy (non-hydrogen) atoms. The highest BCUT2D eigenvalue weighted by Crippen LogP contribution is 2.50. The van der Waals surface area contributed by atoms with E-state index in [-0.39, 0.29) is 0 Å². The number of nitrogens with zero attached hydrogens (tertiary/aromatic N) is 3. The van der Waals surface area contributed by atoms with Gasteiger partial charge >= 0.3 is 0 Å². The van der Waals surface area contributed by atoms with E-state index in [0.29, 0.717) is 5.95 Å². The molecule has 0 saturated carbocycles. The van der Waals surface area contributed by atoms with E-state index in [0.717, 1.165) is 87.8 Å². The van der Waals surface area contributed by atoms with Crippen LogP contribution in [0.2, 0.25) is 0 Å². The predicted molar refractivity (Wildman–Crippen MR) is 207 cm³/mol. The molecule has 0 amide bonds. The van der Waals surface area contributed by atoms with Gasteiger partial charge in [0, 0.05) is 58.1 Å². The minimum atomic E-state index is 0.613. The van der Waals surface area contributed by atoms with Gasteiger partial charge in [0.1, 0.15) is 22.3 Å². The number of hydrogen-bond donors (Lipinski definition) is 0. The van der Waals surface area contributed by atoms with Crippen LogP contribution >= 0.6 is 11.3 Å². The van der Waals surface area contributed by atoms with Gasteiger partial charge in [0.25, 0.3) is 0 Å². The summed E-state index contributed by atoms with van der Waals surface area (Å²) in [6.07, 6.45) is 0. The minimum absolute atomic E-state index is 0.613. The number of thiophene rings is 1. The summed E-state index contributed by atoms with van der Waals surface area (Å²) in [7, 11) is 0. The average molecular weight is 658 g/mol. The van der Waals surface area contributed by atoms with Gasteiger partial charge in [-0.15, -0.1) is 11.3 Å². The molecule has 5 nitrogen and oxygen atoms in total. The van der Waals surface area contributed by atoms with Gasteiger partial charge in [0.15, 0.2) is 0 Å². The molecule has 0 aliphatic heterocycles. The lowest BCUT2D eigenvalue weighted by molar-refractivity contribution is 0.669. The summed E-state index contributed by atoms with van der Waals surface area (Å²) < 4.78 is 17.8. The lowest BCUT2D eigenvalue weighted by atomic mass is 10.0. The van der Waals surface area contributed by atoms with Crippen molar-refractivity contribution < 1.29 is 8.83 Å². The van der Waals surface area contributed by atoms with Gasteiger partial charge in [0.05, 0.1) is 27.6 Å². The van der Waals surface area contributed by atoms with Crippen molar-refractivity contribution in [1.82, 2.24) is 14.5 Å². The molecular weight excluding hydrogens is 635 g/mol. The maximum absolute atomic E-state index is 6.80. The topological polar surface area (TPSA) is 57.0 Å². The third kappa shape index (κ3) is 3.40. The van der Waals surface area contributed by atoms with E-state index < -0.39 is 0 Å². The maximum Gasteiger partial charge on any atom is 0.235 e. The second kappa shape index (κ2) is 9.56. The van der Waals surface area contributed by atoms with Crippen LogP contribution in [-0.4, -0.2) is 14.5 Å². The molecule has 0 saturated heterocycles. The van der Waals surface area contributed by atoms with Gasteiger partial charge in [-0.05, 0) is 42.5 Å². The Hall–Kier alpha value is -6.50. The quantitative estimate of drug-likeness (QED) is 0.186. The molecule has 0 aliphatic carbocycles. The van der Waals surface area contributed by atoms with Crippen molar-refractivity contribution in [3.05, 3.63) is 140 Å². The number of aromatic nitrogens is 3. The molecule has 0 N–H and O–H groups in total. The van der Waals surface area contributed by atoms with Crippen molar-refractivity contribution in [3.8, 4) is 17.2 Å². The van der Waals surface area contributed by atoms with Crippen LogP contribution in [-0.2, 0) is 0 Å². The zero-order valence-electron chi connectivity index (χ0n) is 26.3. The van der Waals surface area contributed by atoms with Gasteiger partial charge in [-0.1, -0.05) is 97.1 Å². The molecular formula is C44H23N3O2S. The van der Waals surface area contributed by atoms with E-state index >= 15 is 0 Å². The highest BCUT2D eigenvalue weighted by molar-refractivity contribution is 7.27. The van der Waals surface area contributed by atoms with Crippen molar-refractivity contribution in [2.24, 2.45) is 0 Å². The lowest BCUT2D eigenvalue weighted by Crippen LogP contribution is -2.03. The third-order valence-corrected chi connectivity index (χ3v) is 11.4. The van der Waals surface area contributed by atoms with E-state index in [4.69, 9.17) is 18.8 Å². The Bertz CT molecular complexity index is 3370. The summed E-state index contributed by atoms with van der Waals surface area (Å²) >= 11 is 1.82. The zero-order chi connectivity index (χ0) is 32.5.